The molecule has 1 fully saturated rings. The van der Waals surface area contributed by atoms with Crippen LogP contribution in [0.5, 0.6) is 0 Å². The van der Waals surface area contributed by atoms with Crippen molar-refractivity contribution >= 4 is 28.7 Å². The Labute approximate surface area is 237 Å². The molecule has 1 aliphatic rings. The van der Waals surface area contributed by atoms with Gasteiger partial charge in [-0.3, -0.25) is 4.57 Å². The predicted octanol–water partition coefficient (Wildman–Crippen LogP) is 3.52. The Hall–Kier alpha value is -4.55. The van der Waals surface area contributed by atoms with Gasteiger partial charge in [-0.2, -0.15) is 0 Å². The molecule has 5 atom stereocenters. The van der Waals surface area contributed by atoms with E-state index in [1.165, 1.54) is 23.3 Å². The maximum Gasteiger partial charge on any atom is 0.335 e. The SMILES string of the molecule is O=C(O)c1ccc(-c2ccccc2)cc1[C@@H](c1ccc(Cl)cc1)[C@@H]1O[C@@H](n2cnc3/c(=N\O)nc[nH]c32)[C@H](O)[C@@H]1O. The Kier molecular flexibility index (Phi) is 7.01. The fraction of sp³-hybridized carbons (Fsp3) is 0.172. The Morgan fingerprint density at radius 3 is 2.46 bits per heavy atom. The van der Waals surface area contributed by atoms with Gasteiger partial charge in [-0.1, -0.05) is 65.3 Å². The van der Waals surface area contributed by atoms with Gasteiger partial charge in [-0.05, 0) is 46.5 Å². The Balaban J connectivity index is 1.50. The van der Waals surface area contributed by atoms with Crippen LogP contribution in [0.15, 0.2) is 90.6 Å². The van der Waals surface area contributed by atoms with E-state index >= 15 is 0 Å². The van der Waals surface area contributed by atoms with E-state index in [9.17, 15) is 25.3 Å². The summed E-state index contributed by atoms with van der Waals surface area (Å²) in [6.07, 6.45) is -2.38. The quantitative estimate of drug-likeness (QED) is 0.152. The van der Waals surface area contributed by atoms with Crippen LogP contribution < -0.4 is 5.49 Å². The van der Waals surface area contributed by atoms with Crippen LogP contribution in [0, 0.1) is 0 Å². The number of nitrogens with zero attached hydrogens (tertiary/aromatic N) is 4. The minimum absolute atomic E-state index is 0.0278. The summed E-state index contributed by atoms with van der Waals surface area (Å²) in [6.45, 7) is 0. The van der Waals surface area contributed by atoms with E-state index in [1.807, 2.05) is 30.3 Å². The number of ether oxygens (including phenoxy) is 1. The van der Waals surface area contributed by atoms with E-state index in [-0.39, 0.29) is 16.6 Å². The molecule has 11 nitrogen and oxygen atoms in total. The van der Waals surface area contributed by atoms with Crippen molar-refractivity contribution in [3.8, 4) is 11.1 Å². The number of aliphatic hydroxyl groups is 2. The first-order valence-electron chi connectivity index (χ1n) is 12.7. The van der Waals surface area contributed by atoms with Gasteiger partial charge in [0.15, 0.2) is 11.7 Å². The lowest BCUT2D eigenvalue weighted by Crippen LogP contribution is -2.35. The van der Waals surface area contributed by atoms with E-state index in [0.717, 1.165) is 11.1 Å². The standard InChI is InChI=1S/C29H24ClN5O6/c30-18-9-6-16(7-10-18)21(20-12-17(8-11-19(20)29(38)39)15-4-2-1-3-5-15)25-23(36)24(37)28(41-25)35-14-33-22-26(34-40)31-13-32-27(22)35/h1-14,21,23-25,28,36-37,40H,(H,38,39)(H,31,32,34)/t21-,23+,24-,25+,28-/m1/s1. The second-order valence-electron chi connectivity index (χ2n) is 9.65. The summed E-state index contributed by atoms with van der Waals surface area (Å²) < 4.78 is 7.83. The van der Waals surface area contributed by atoms with Gasteiger partial charge in [0.05, 0.1) is 24.3 Å². The molecule has 0 radical (unpaired) electrons. The normalized spacial score (nSPS) is 21.8. The van der Waals surface area contributed by atoms with Gasteiger partial charge >= 0.3 is 5.97 Å². The first-order chi connectivity index (χ1) is 19.9. The molecule has 1 saturated heterocycles. The summed E-state index contributed by atoms with van der Waals surface area (Å²) in [4.78, 5) is 23.5. The molecule has 5 N–H and O–H groups in total. The molecule has 3 heterocycles. The zero-order chi connectivity index (χ0) is 28.7. The van der Waals surface area contributed by atoms with Crippen molar-refractivity contribution in [1.82, 2.24) is 19.5 Å². The highest BCUT2D eigenvalue weighted by atomic mass is 35.5. The number of hydrogen-bond acceptors (Lipinski definition) is 8. The zero-order valence-corrected chi connectivity index (χ0v) is 22.0. The van der Waals surface area contributed by atoms with Crippen LogP contribution in [0.1, 0.15) is 33.6 Å². The van der Waals surface area contributed by atoms with E-state index in [2.05, 4.69) is 20.1 Å². The van der Waals surface area contributed by atoms with Gasteiger partial charge < -0.3 is 30.2 Å². The molecule has 3 aromatic carbocycles. The number of rotatable bonds is 6. The van der Waals surface area contributed by atoms with Gasteiger partial charge in [-0.25, -0.2) is 14.8 Å². The lowest BCUT2D eigenvalue weighted by Gasteiger charge is -2.28. The number of H-pyrrole nitrogens is 1. The Morgan fingerprint density at radius 2 is 1.76 bits per heavy atom. The molecule has 6 rings (SSSR count). The van der Waals surface area contributed by atoms with Crippen molar-refractivity contribution in [3.05, 3.63) is 113 Å². The van der Waals surface area contributed by atoms with Crippen molar-refractivity contribution < 1.29 is 30.1 Å². The highest BCUT2D eigenvalue weighted by Crippen LogP contribution is 2.43. The van der Waals surface area contributed by atoms with Gasteiger partial charge in [-0.15, -0.1) is 0 Å². The average molecular weight is 574 g/mol. The fourth-order valence-electron chi connectivity index (χ4n) is 5.38. The van der Waals surface area contributed by atoms with E-state index in [1.54, 1.807) is 36.4 Å². The van der Waals surface area contributed by atoms with Gasteiger partial charge in [0, 0.05) is 10.9 Å². The van der Waals surface area contributed by atoms with Crippen molar-refractivity contribution in [2.24, 2.45) is 5.16 Å². The molecule has 2 aromatic heterocycles. The highest BCUT2D eigenvalue weighted by molar-refractivity contribution is 6.30. The summed E-state index contributed by atoms with van der Waals surface area (Å²) in [5, 5.41) is 45.7. The molecular weight excluding hydrogens is 550 g/mol. The maximum atomic E-state index is 12.5. The predicted molar refractivity (Wildman–Crippen MR) is 147 cm³/mol. The topological polar surface area (TPSA) is 166 Å². The summed E-state index contributed by atoms with van der Waals surface area (Å²) >= 11 is 6.17. The lowest BCUT2D eigenvalue weighted by atomic mass is 9.80. The number of hydrogen-bond donors (Lipinski definition) is 5. The second kappa shape index (κ2) is 10.8. The van der Waals surface area contributed by atoms with Crippen LogP contribution in [0.2, 0.25) is 5.02 Å². The number of aromatic nitrogens is 4. The van der Waals surface area contributed by atoms with Crippen LogP contribution in [-0.4, -0.2) is 64.3 Å². The van der Waals surface area contributed by atoms with Crippen LogP contribution in [0.3, 0.4) is 0 Å². The molecule has 0 bridgehead atoms. The second-order valence-corrected chi connectivity index (χ2v) is 10.1. The third kappa shape index (κ3) is 4.74. The minimum Gasteiger partial charge on any atom is -0.478 e. The number of carboxylic acid groups (broad SMARTS) is 1. The average Bonchev–Trinajstić information content (AvgIpc) is 3.55. The van der Waals surface area contributed by atoms with Gasteiger partial charge in [0.1, 0.15) is 17.9 Å². The molecular formula is C29H24ClN5O6. The van der Waals surface area contributed by atoms with Crippen LogP contribution in [0.4, 0.5) is 0 Å². The van der Waals surface area contributed by atoms with Gasteiger partial charge in [0.25, 0.3) is 0 Å². The summed E-state index contributed by atoms with van der Waals surface area (Å²) in [5.74, 6) is -1.97. The molecule has 12 heteroatoms. The maximum absolute atomic E-state index is 12.5. The van der Waals surface area contributed by atoms with E-state index in [4.69, 9.17) is 16.3 Å². The van der Waals surface area contributed by atoms with Crippen molar-refractivity contribution in [2.75, 3.05) is 0 Å². The number of aromatic amines is 1. The molecule has 1 aliphatic heterocycles. The number of aromatic carboxylic acids is 1. The van der Waals surface area contributed by atoms with Crippen LogP contribution >= 0.6 is 11.6 Å². The molecule has 41 heavy (non-hydrogen) atoms. The molecule has 0 aliphatic carbocycles. The fourth-order valence-corrected chi connectivity index (χ4v) is 5.51. The molecule has 0 unspecified atom stereocenters. The first kappa shape index (κ1) is 26.7. The van der Waals surface area contributed by atoms with Crippen LogP contribution in [-0.2, 0) is 4.74 Å². The number of carbonyl (C=O) groups is 1. The number of nitrogens with one attached hydrogen (secondary N) is 1. The summed E-state index contributed by atoms with van der Waals surface area (Å²) in [5.41, 5.74) is 3.23. The molecule has 0 amide bonds. The number of imidazole rings is 1. The zero-order valence-electron chi connectivity index (χ0n) is 21.2. The Morgan fingerprint density at radius 1 is 1.00 bits per heavy atom. The van der Waals surface area contributed by atoms with Crippen LogP contribution in [0.25, 0.3) is 22.3 Å². The number of benzene rings is 3. The largest absolute Gasteiger partial charge is 0.478 e. The van der Waals surface area contributed by atoms with Gasteiger partial charge in [0.2, 0.25) is 5.49 Å². The number of fused-ring (bicyclic) bond motifs is 1. The smallest absolute Gasteiger partial charge is 0.335 e. The highest BCUT2D eigenvalue weighted by Gasteiger charge is 2.49. The Bertz CT molecular complexity index is 1790. The monoisotopic (exact) mass is 573 g/mol. The number of carboxylic acids is 1. The third-order valence-electron chi connectivity index (χ3n) is 7.32. The summed E-state index contributed by atoms with van der Waals surface area (Å²) in [7, 11) is 0. The minimum atomic E-state index is -1.43. The first-order valence-corrected chi connectivity index (χ1v) is 13.0. The van der Waals surface area contributed by atoms with E-state index in [0.29, 0.717) is 21.8 Å². The number of halogens is 1. The van der Waals surface area contributed by atoms with Crippen molar-refractivity contribution in [3.63, 3.8) is 0 Å². The molecule has 208 valence electrons. The number of aliphatic hydroxyl groups excluding tert-OH is 2. The molecule has 0 saturated carbocycles. The summed E-state index contributed by atoms with van der Waals surface area (Å²) in [6, 6.07) is 21.4. The molecule has 0 spiro atoms. The van der Waals surface area contributed by atoms with Crippen molar-refractivity contribution in [1.29, 1.82) is 0 Å². The van der Waals surface area contributed by atoms with E-state index < -0.39 is 36.4 Å². The lowest BCUT2D eigenvalue weighted by molar-refractivity contribution is -0.0393. The van der Waals surface area contributed by atoms with Crippen molar-refractivity contribution in [2.45, 2.75) is 30.5 Å². The third-order valence-corrected chi connectivity index (χ3v) is 7.57. The molecule has 5 aromatic rings.